The Kier molecular flexibility index (Phi) is 6.06. The van der Waals surface area contributed by atoms with Crippen molar-refractivity contribution < 1.29 is 14.3 Å². The number of carbonyl (C=O) groups is 2. The molecule has 0 bridgehead atoms. The van der Waals surface area contributed by atoms with Crippen LogP contribution in [-0.4, -0.2) is 37.3 Å². The van der Waals surface area contributed by atoms with Crippen molar-refractivity contribution in [2.45, 2.75) is 17.4 Å². The first-order valence-corrected chi connectivity index (χ1v) is 9.61. The molecule has 0 unspecified atom stereocenters. The van der Waals surface area contributed by atoms with Crippen LogP contribution >= 0.6 is 23.4 Å². The number of para-hydroxylation sites is 2. The van der Waals surface area contributed by atoms with E-state index in [0.717, 1.165) is 4.90 Å². The van der Waals surface area contributed by atoms with Gasteiger partial charge >= 0.3 is 0 Å². The van der Waals surface area contributed by atoms with Crippen LogP contribution < -0.4 is 15.0 Å². The number of thioether (sulfide) groups is 1. The van der Waals surface area contributed by atoms with E-state index in [-0.39, 0.29) is 18.4 Å². The number of benzene rings is 2. The summed E-state index contributed by atoms with van der Waals surface area (Å²) in [7, 11) is 1.56. The Morgan fingerprint density at radius 1 is 1.23 bits per heavy atom. The lowest BCUT2D eigenvalue weighted by Crippen LogP contribution is -2.50. The normalized spacial score (nSPS) is 15.8. The summed E-state index contributed by atoms with van der Waals surface area (Å²) in [5, 5.41) is 3.27. The van der Waals surface area contributed by atoms with E-state index in [9.17, 15) is 9.59 Å². The third-order valence-electron chi connectivity index (χ3n) is 4.01. The standard InChI is InChI=1S/C19H19ClN2O3S/c1-21-19(24)17-12-22(15-4-2-3-5-16(15)25-17)18(23)10-11-26-14-8-6-13(20)7-9-14/h2-9,17H,10-12H2,1H3,(H,21,24)/t17-/m0/s1. The van der Waals surface area contributed by atoms with E-state index in [0.29, 0.717) is 28.6 Å². The average Bonchev–Trinajstić information content (AvgIpc) is 2.67. The molecule has 2 aromatic carbocycles. The van der Waals surface area contributed by atoms with E-state index in [1.807, 2.05) is 42.5 Å². The van der Waals surface area contributed by atoms with Crippen molar-refractivity contribution in [1.29, 1.82) is 0 Å². The van der Waals surface area contributed by atoms with Crippen molar-refractivity contribution in [2.24, 2.45) is 0 Å². The summed E-state index contributed by atoms with van der Waals surface area (Å²) in [5.74, 6) is 0.917. The molecule has 0 fully saturated rings. The minimum Gasteiger partial charge on any atom is -0.477 e. The molecule has 26 heavy (non-hydrogen) atoms. The molecule has 0 spiro atoms. The highest BCUT2D eigenvalue weighted by atomic mass is 35.5. The molecule has 5 nitrogen and oxygen atoms in total. The summed E-state index contributed by atoms with van der Waals surface area (Å²) in [6.07, 6.45) is -0.343. The van der Waals surface area contributed by atoms with Gasteiger partial charge < -0.3 is 15.0 Å². The molecule has 0 radical (unpaired) electrons. The van der Waals surface area contributed by atoms with Gasteiger partial charge in [-0.05, 0) is 36.4 Å². The van der Waals surface area contributed by atoms with Gasteiger partial charge in [-0.3, -0.25) is 9.59 Å². The maximum atomic E-state index is 12.8. The zero-order valence-electron chi connectivity index (χ0n) is 14.3. The molecule has 0 saturated heterocycles. The summed E-state index contributed by atoms with van der Waals surface area (Å²) in [5.41, 5.74) is 0.703. The first-order chi connectivity index (χ1) is 12.6. The van der Waals surface area contributed by atoms with Crippen LogP contribution in [0.25, 0.3) is 0 Å². The van der Waals surface area contributed by atoms with Crippen LogP contribution in [0.5, 0.6) is 5.75 Å². The predicted octanol–water partition coefficient (Wildman–Crippen LogP) is 3.36. The zero-order valence-corrected chi connectivity index (χ0v) is 15.8. The summed E-state index contributed by atoms with van der Waals surface area (Å²) in [6.45, 7) is 0.209. The highest BCUT2D eigenvalue weighted by Gasteiger charge is 2.32. The van der Waals surface area contributed by atoms with Crippen LogP contribution in [0.15, 0.2) is 53.4 Å². The molecule has 136 valence electrons. The number of ether oxygens (including phenoxy) is 1. The molecule has 0 aromatic heterocycles. The molecule has 0 saturated carbocycles. The molecule has 1 N–H and O–H groups in total. The van der Waals surface area contributed by atoms with Gasteiger partial charge in [-0.15, -0.1) is 11.8 Å². The van der Waals surface area contributed by atoms with Gasteiger partial charge in [-0.2, -0.15) is 0 Å². The second kappa shape index (κ2) is 8.47. The zero-order chi connectivity index (χ0) is 18.5. The van der Waals surface area contributed by atoms with E-state index in [1.165, 1.54) is 0 Å². The monoisotopic (exact) mass is 390 g/mol. The molecule has 0 aliphatic carbocycles. The average molecular weight is 391 g/mol. The fourth-order valence-electron chi connectivity index (χ4n) is 2.69. The maximum Gasteiger partial charge on any atom is 0.262 e. The largest absolute Gasteiger partial charge is 0.477 e. The minimum atomic E-state index is -0.706. The van der Waals surface area contributed by atoms with Crippen molar-refractivity contribution in [3.05, 3.63) is 53.6 Å². The number of amides is 2. The van der Waals surface area contributed by atoms with Gasteiger partial charge in [0, 0.05) is 29.1 Å². The van der Waals surface area contributed by atoms with E-state index in [2.05, 4.69) is 5.32 Å². The van der Waals surface area contributed by atoms with Crippen molar-refractivity contribution >= 4 is 40.9 Å². The predicted molar refractivity (Wildman–Crippen MR) is 104 cm³/mol. The number of halogens is 1. The molecule has 1 heterocycles. The lowest BCUT2D eigenvalue weighted by molar-refractivity contribution is -0.127. The van der Waals surface area contributed by atoms with Crippen LogP contribution in [0.1, 0.15) is 6.42 Å². The lowest BCUT2D eigenvalue weighted by Gasteiger charge is -2.34. The Hall–Kier alpha value is -2.18. The Labute approximate surface area is 161 Å². The second-order valence-corrected chi connectivity index (χ2v) is 7.35. The number of rotatable bonds is 5. The summed E-state index contributed by atoms with van der Waals surface area (Å²) < 4.78 is 5.73. The van der Waals surface area contributed by atoms with Crippen molar-refractivity contribution in [3.8, 4) is 5.75 Å². The maximum absolute atomic E-state index is 12.8. The third-order valence-corrected chi connectivity index (χ3v) is 5.28. The highest BCUT2D eigenvalue weighted by molar-refractivity contribution is 7.99. The minimum absolute atomic E-state index is 0.0314. The fourth-order valence-corrected chi connectivity index (χ4v) is 3.66. The van der Waals surface area contributed by atoms with E-state index in [4.69, 9.17) is 16.3 Å². The number of fused-ring (bicyclic) bond motifs is 1. The topological polar surface area (TPSA) is 58.6 Å². The van der Waals surface area contributed by atoms with E-state index < -0.39 is 6.10 Å². The first-order valence-electron chi connectivity index (χ1n) is 8.24. The third kappa shape index (κ3) is 4.31. The van der Waals surface area contributed by atoms with E-state index in [1.54, 1.807) is 29.8 Å². The number of nitrogens with zero attached hydrogens (tertiary/aromatic N) is 1. The van der Waals surface area contributed by atoms with Gasteiger partial charge in [0.25, 0.3) is 5.91 Å². The lowest BCUT2D eigenvalue weighted by atomic mass is 10.1. The van der Waals surface area contributed by atoms with Gasteiger partial charge in [0.05, 0.1) is 12.2 Å². The summed E-state index contributed by atoms with van der Waals surface area (Å²) in [4.78, 5) is 27.5. The molecular formula is C19H19ClN2O3S. The highest BCUT2D eigenvalue weighted by Crippen LogP contribution is 2.34. The second-order valence-electron chi connectivity index (χ2n) is 5.75. The number of hydrogen-bond acceptors (Lipinski definition) is 4. The SMILES string of the molecule is CNC(=O)[C@@H]1CN(C(=O)CCSc2ccc(Cl)cc2)c2ccccc2O1. The van der Waals surface area contributed by atoms with Crippen LogP contribution in [0.3, 0.4) is 0 Å². The molecule has 1 atom stereocenters. The Morgan fingerprint density at radius 2 is 1.96 bits per heavy atom. The number of carbonyl (C=O) groups excluding carboxylic acids is 2. The summed E-state index contributed by atoms with van der Waals surface area (Å²) in [6, 6.07) is 14.8. The molecule has 2 aromatic rings. The number of likely N-dealkylation sites (N-methyl/N-ethyl adjacent to an activating group) is 1. The van der Waals surface area contributed by atoms with Crippen molar-refractivity contribution in [1.82, 2.24) is 5.32 Å². The smallest absolute Gasteiger partial charge is 0.262 e. The molecule has 7 heteroatoms. The number of nitrogens with one attached hydrogen (secondary N) is 1. The van der Waals surface area contributed by atoms with Crippen molar-refractivity contribution in [2.75, 3.05) is 24.2 Å². The first kappa shape index (κ1) is 18.6. The number of anilines is 1. The number of hydrogen-bond donors (Lipinski definition) is 1. The van der Waals surface area contributed by atoms with Crippen LogP contribution in [0, 0.1) is 0 Å². The molecule has 3 rings (SSSR count). The fraction of sp³-hybridized carbons (Fsp3) is 0.263. The van der Waals surface area contributed by atoms with Gasteiger partial charge in [0.15, 0.2) is 6.10 Å². The van der Waals surface area contributed by atoms with Gasteiger partial charge in [0.2, 0.25) is 5.91 Å². The molecule has 1 aliphatic rings. The Morgan fingerprint density at radius 3 is 2.69 bits per heavy atom. The van der Waals surface area contributed by atoms with Gasteiger partial charge in [0.1, 0.15) is 5.75 Å². The van der Waals surface area contributed by atoms with Crippen LogP contribution in [0.2, 0.25) is 5.02 Å². The van der Waals surface area contributed by atoms with Gasteiger partial charge in [-0.1, -0.05) is 23.7 Å². The quantitative estimate of drug-likeness (QED) is 0.795. The van der Waals surface area contributed by atoms with Gasteiger partial charge in [-0.25, -0.2) is 0 Å². The molecular weight excluding hydrogens is 372 g/mol. The summed E-state index contributed by atoms with van der Waals surface area (Å²) >= 11 is 7.48. The Bertz CT molecular complexity index is 798. The van der Waals surface area contributed by atoms with E-state index >= 15 is 0 Å². The Balaban J connectivity index is 1.66. The molecule has 1 aliphatic heterocycles. The van der Waals surface area contributed by atoms with Crippen LogP contribution in [-0.2, 0) is 9.59 Å². The van der Waals surface area contributed by atoms with Crippen LogP contribution in [0.4, 0.5) is 5.69 Å². The van der Waals surface area contributed by atoms with Crippen molar-refractivity contribution in [3.63, 3.8) is 0 Å². The molecule has 2 amide bonds.